The highest BCUT2D eigenvalue weighted by atomic mass is 16.5. The molecule has 0 saturated carbocycles. The minimum atomic E-state index is -0.0690. The van der Waals surface area contributed by atoms with Gasteiger partial charge in [0.2, 0.25) is 0 Å². The molecule has 0 N–H and O–H groups in total. The molecular formula is C21H19NO3. The molecule has 1 amide bonds. The van der Waals surface area contributed by atoms with Crippen LogP contribution in [-0.4, -0.2) is 17.4 Å². The molecule has 0 bridgehead atoms. The standard InChI is InChI=1S/C21H19NO3/c23-21(22-13-12-16-6-4-5-7-17(16)14-22)20-11-10-19(25-20)15-24-18-8-2-1-3-9-18/h1-11H,12-15H2. The van der Waals surface area contributed by atoms with Crippen molar-refractivity contribution in [1.29, 1.82) is 0 Å². The number of furan rings is 1. The molecular weight excluding hydrogens is 314 g/mol. The Bertz CT molecular complexity index is 870. The van der Waals surface area contributed by atoms with Crippen LogP contribution in [0.1, 0.15) is 27.4 Å². The fourth-order valence-corrected chi connectivity index (χ4v) is 3.07. The molecule has 0 saturated heterocycles. The largest absolute Gasteiger partial charge is 0.486 e. The van der Waals surface area contributed by atoms with Crippen LogP contribution in [0.4, 0.5) is 0 Å². The van der Waals surface area contributed by atoms with Crippen molar-refractivity contribution in [3.63, 3.8) is 0 Å². The van der Waals surface area contributed by atoms with E-state index in [1.165, 1.54) is 11.1 Å². The zero-order chi connectivity index (χ0) is 17.1. The van der Waals surface area contributed by atoms with Gasteiger partial charge in [-0.1, -0.05) is 42.5 Å². The van der Waals surface area contributed by atoms with E-state index < -0.39 is 0 Å². The fourth-order valence-electron chi connectivity index (χ4n) is 3.07. The van der Waals surface area contributed by atoms with Crippen LogP contribution in [0.15, 0.2) is 71.1 Å². The number of carbonyl (C=O) groups is 1. The van der Waals surface area contributed by atoms with Crippen LogP contribution in [0.25, 0.3) is 0 Å². The van der Waals surface area contributed by atoms with Crippen molar-refractivity contribution in [1.82, 2.24) is 4.90 Å². The number of amides is 1. The van der Waals surface area contributed by atoms with E-state index in [-0.39, 0.29) is 5.91 Å². The topological polar surface area (TPSA) is 42.7 Å². The Morgan fingerprint density at radius 2 is 1.72 bits per heavy atom. The lowest BCUT2D eigenvalue weighted by atomic mass is 10.00. The zero-order valence-electron chi connectivity index (χ0n) is 13.9. The van der Waals surface area contributed by atoms with Gasteiger partial charge in [-0.25, -0.2) is 0 Å². The van der Waals surface area contributed by atoms with Crippen LogP contribution in [-0.2, 0) is 19.6 Å². The molecule has 0 atom stereocenters. The van der Waals surface area contributed by atoms with Crippen molar-refractivity contribution in [3.05, 3.63) is 89.4 Å². The molecule has 2 aromatic carbocycles. The van der Waals surface area contributed by atoms with Crippen LogP contribution in [0, 0.1) is 0 Å². The van der Waals surface area contributed by atoms with E-state index >= 15 is 0 Å². The third-order valence-electron chi connectivity index (χ3n) is 4.41. The first-order valence-electron chi connectivity index (χ1n) is 8.42. The molecule has 0 fully saturated rings. The minimum absolute atomic E-state index is 0.0690. The predicted octanol–water partition coefficient (Wildman–Crippen LogP) is 4.06. The molecule has 0 radical (unpaired) electrons. The first-order chi connectivity index (χ1) is 12.3. The normalized spacial score (nSPS) is 13.4. The third-order valence-corrected chi connectivity index (χ3v) is 4.41. The van der Waals surface area contributed by atoms with Gasteiger partial charge < -0.3 is 14.1 Å². The number of benzene rings is 2. The molecule has 1 aromatic heterocycles. The smallest absolute Gasteiger partial charge is 0.289 e. The average molecular weight is 333 g/mol. The lowest BCUT2D eigenvalue weighted by molar-refractivity contribution is 0.0698. The van der Waals surface area contributed by atoms with Crippen LogP contribution in [0.3, 0.4) is 0 Å². The van der Waals surface area contributed by atoms with Crippen LogP contribution in [0.2, 0.25) is 0 Å². The number of rotatable bonds is 4. The summed E-state index contributed by atoms with van der Waals surface area (Å²) < 4.78 is 11.4. The first-order valence-corrected chi connectivity index (χ1v) is 8.42. The Balaban J connectivity index is 1.41. The second-order valence-electron chi connectivity index (χ2n) is 6.11. The number of fused-ring (bicyclic) bond motifs is 1. The number of nitrogens with zero attached hydrogens (tertiary/aromatic N) is 1. The molecule has 0 aliphatic carbocycles. The second-order valence-corrected chi connectivity index (χ2v) is 6.11. The summed E-state index contributed by atoms with van der Waals surface area (Å²) in [6, 6.07) is 21.3. The molecule has 4 nitrogen and oxygen atoms in total. The number of ether oxygens (including phenoxy) is 1. The highest BCUT2D eigenvalue weighted by Gasteiger charge is 2.23. The monoisotopic (exact) mass is 333 g/mol. The van der Waals surface area contributed by atoms with Crippen molar-refractivity contribution in [2.24, 2.45) is 0 Å². The van der Waals surface area contributed by atoms with E-state index in [0.29, 0.717) is 31.2 Å². The summed E-state index contributed by atoms with van der Waals surface area (Å²) in [5.41, 5.74) is 2.53. The Morgan fingerprint density at radius 3 is 2.56 bits per heavy atom. The van der Waals surface area contributed by atoms with Gasteiger partial charge in [0, 0.05) is 13.1 Å². The Labute approximate surface area is 146 Å². The van der Waals surface area contributed by atoms with E-state index in [2.05, 4.69) is 12.1 Å². The Hall–Kier alpha value is -3.01. The quantitative estimate of drug-likeness (QED) is 0.723. The van der Waals surface area contributed by atoms with Gasteiger partial charge in [-0.2, -0.15) is 0 Å². The number of hydrogen-bond donors (Lipinski definition) is 0. The van der Waals surface area contributed by atoms with Crippen molar-refractivity contribution in [2.45, 2.75) is 19.6 Å². The average Bonchev–Trinajstić information content (AvgIpc) is 3.15. The van der Waals surface area contributed by atoms with Gasteiger partial charge in [-0.3, -0.25) is 4.79 Å². The number of hydrogen-bond acceptors (Lipinski definition) is 3. The third kappa shape index (κ3) is 3.43. The molecule has 3 aromatic rings. The maximum Gasteiger partial charge on any atom is 0.289 e. The van der Waals surface area contributed by atoms with Crippen LogP contribution < -0.4 is 4.74 Å². The zero-order valence-corrected chi connectivity index (χ0v) is 13.9. The highest BCUT2D eigenvalue weighted by Crippen LogP contribution is 2.21. The Kier molecular flexibility index (Phi) is 4.25. The van der Waals surface area contributed by atoms with E-state index in [9.17, 15) is 4.79 Å². The van der Waals surface area contributed by atoms with Gasteiger partial charge in [0.15, 0.2) is 5.76 Å². The molecule has 0 spiro atoms. The first kappa shape index (κ1) is 15.5. The molecule has 1 aliphatic heterocycles. The van der Waals surface area contributed by atoms with Crippen molar-refractivity contribution < 1.29 is 13.9 Å². The summed E-state index contributed by atoms with van der Waals surface area (Å²) in [5, 5.41) is 0. The Morgan fingerprint density at radius 1 is 0.960 bits per heavy atom. The number of carbonyl (C=O) groups excluding carboxylic acids is 1. The van der Waals surface area contributed by atoms with Gasteiger partial charge in [0.05, 0.1) is 0 Å². The predicted molar refractivity (Wildman–Crippen MR) is 94.4 cm³/mol. The molecule has 2 heterocycles. The summed E-state index contributed by atoms with van der Waals surface area (Å²) in [6.07, 6.45) is 0.882. The molecule has 126 valence electrons. The van der Waals surface area contributed by atoms with Crippen LogP contribution >= 0.6 is 0 Å². The maximum absolute atomic E-state index is 12.7. The van der Waals surface area contributed by atoms with Crippen molar-refractivity contribution in [2.75, 3.05) is 6.54 Å². The van der Waals surface area contributed by atoms with E-state index in [4.69, 9.17) is 9.15 Å². The van der Waals surface area contributed by atoms with Gasteiger partial charge in [-0.05, 0) is 41.8 Å². The van der Waals surface area contributed by atoms with Gasteiger partial charge in [-0.15, -0.1) is 0 Å². The fraction of sp³-hybridized carbons (Fsp3) is 0.190. The molecule has 25 heavy (non-hydrogen) atoms. The van der Waals surface area contributed by atoms with Crippen LogP contribution in [0.5, 0.6) is 5.75 Å². The summed E-state index contributed by atoms with van der Waals surface area (Å²) in [4.78, 5) is 14.5. The molecule has 4 heteroatoms. The number of para-hydroxylation sites is 1. The van der Waals surface area contributed by atoms with Crippen molar-refractivity contribution >= 4 is 5.91 Å². The van der Waals surface area contributed by atoms with E-state index in [1.807, 2.05) is 47.4 Å². The van der Waals surface area contributed by atoms with Gasteiger partial charge in [0.25, 0.3) is 5.91 Å². The summed E-state index contributed by atoms with van der Waals surface area (Å²) >= 11 is 0. The lowest BCUT2D eigenvalue weighted by Gasteiger charge is -2.28. The molecule has 0 unspecified atom stereocenters. The molecule has 1 aliphatic rings. The molecule has 4 rings (SSSR count). The summed E-state index contributed by atoms with van der Waals surface area (Å²) in [5.74, 6) is 1.72. The van der Waals surface area contributed by atoms with Gasteiger partial charge >= 0.3 is 0 Å². The lowest BCUT2D eigenvalue weighted by Crippen LogP contribution is -2.35. The maximum atomic E-state index is 12.7. The second kappa shape index (κ2) is 6.85. The summed E-state index contributed by atoms with van der Waals surface area (Å²) in [6.45, 7) is 1.65. The SMILES string of the molecule is O=C(c1ccc(COc2ccccc2)o1)N1CCc2ccccc2C1. The van der Waals surface area contributed by atoms with E-state index in [0.717, 1.165) is 12.2 Å². The minimum Gasteiger partial charge on any atom is -0.486 e. The highest BCUT2D eigenvalue weighted by molar-refractivity contribution is 5.91. The van der Waals surface area contributed by atoms with Gasteiger partial charge in [0.1, 0.15) is 18.1 Å². The van der Waals surface area contributed by atoms with E-state index in [1.54, 1.807) is 12.1 Å². The summed E-state index contributed by atoms with van der Waals surface area (Å²) in [7, 11) is 0. The van der Waals surface area contributed by atoms with Crippen molar-refractivity contribution in [3.8, 4) is 5.75 Å².